The summed E-state index contributed by atoms with van der Waals surface area (Å²) >= 11 is 0. The highest BCUT2D eigenvalue weighted by atomic mass is 16.1. The number of rotatable bonds is 4. The maximum absolute atomic E-state index is 11.7. The van der Waals surface area contributed by atoms with Crippen molar-refractivity contribution in [3.8, 4) is 0 Å². The van der Waals surface area contributed by atoms with Gasteiger partial charge in [-0.2, -0.15) is 0 Å². The molecule has 92 valence electrons. The zero-order chi connectivity index (χ0) is 11.5. The Labute approximate surface area is 97.6 Å². The molecular weight excluding hydrogens is 202 g/mol. The van der Waals surface area contributed by atoms with E-state index in [0.717, 1.165) is 19.4 Å². The van der Waals surface area contributed by atoms with Gasteiger partial charge in [-0.1, -0.05) is 6.92 Å². The normalized spacial score (nSPS) is 31.4. The average molecular weight is 225 g/mol. The number of nitrogens with one attached hydrogen (secondary N) is 1. The van der Waals surface area contributed by atoms with E-state index in [1.165, 1.54) is 19.4 Å². The molecule has 2 rings (SSSR count). The minimum atomic E-state index is 0.0149. The van der Waals surface area contributed by atoms with E-state index in [1.54, 1.807) is 0 Å². The standard InChI is InChI=1S/C12H23N3O/c1-2-9(13)8-12(16)14-10-5-7-15-6-3-4-11(10)15/h9-11H,2-8,13H2,1H3,(H,14,16). The summed E-state index contributed by atoms with van der Waals surface area (Å²) in [7, 11) is 0. The van der Waals surface area contributed by atoms with Gasteiger partial charge < -0.3 is 11.1 Å². The minimum Gasteiger partial charge on any atom is -0.352 e. The highest BCUT2D eigenvalue weighted by molar-refractivity contribution is 5.77. The van der Waals surface area contributed by atoms with E-state index >= 15 is 0 Å². The molecular formula is C12H23N3O. The van der Waals surface area contributed by atoms with Crippen LogP contribution in [0.3, 0.4) is 0 Å². The Balaban J connectivity index is 1.79. The number of nitrogens with zero attached hydrogens (tertiary/aromatic N) is 1. The summed E-state index contributed by atoms with van der Waals surface area (Å²) in [6.07, 6.45) is 4.97. The Morgan fingerprint density at radius 3 is 3.06 bits per heavy atom. The molecule has 4 heteroatoms. The van der Waals surface area contributed by atoms with Crippen LogP contribution in [0, 0.1) is 0 Å². The summed E-state index contributed by atoms with van der Waals surface area (Å²) in [4.78, 5) is 14.3. The number of carbonyl (C=O) groups excluding carboxylic acids is 1. The molecule has 2 heterocycles. The van der Waals surface area contributed by atoms with Crippen molar-refractivity contribution in [3.05, 3.63) is 0 Å². The second-order valence-corrected chi connectivity index (χ2v) is 5.08. The SMILES string of the molecule is CCC(N)CC(=O)NC1CCN2CCCC12. The van der Waals surface area contributed by atoms with Crippen LogP contribution < -0.4 is 11.1 Å². The molecule has 0 aromatic carbocycles. The van der Waals surface area contributed by atoms with E-state index in [2.05, 4.69) is 10.2 Å². The maximum Gasteiger partial charge on any atom is 0.221 e. The van der Waals surface area contributed by atoms with Crippen LogP contribution in [0.2, 0.25) is 0 Å². The van der Waals surface area contributed by atoms with Gasteiger partial charge in [-0.05, 0) is 32.2 Å². The molecule has 0 radical (unpaired) electrons. The number of hydrogen-bond donors (Lipinski definition) is 2. The van der Waals surface area contributed by atoms with Crippen molar-refractivity contribution in [2.24, 2.45) is 5.73 Å². The Morgan fingerprint density at radius 2 is 2.31 bits per heavy atom. The molecule has 0 aliphatic carbocycles. The smallest absolute Gasteiger partial charge is 0.221 e. The molecule has 2 fully saturated rings. The van der Waals surface area contributed by atoms with E-state index in [9.17, 15) is 4.79 Å². The van der Waals surface area contributed by atoms with Crippen molar-refractivity contribution in [1.82, 2.24) is 10.2 Å². The topological polar surface area (TPSA) is 58.4 Å². The second kappa shape index (κ2) is 5.15. The Bertz CT molecular complexity index is 257. The van der Waals surface area contributed by atoms with Crippen LogP contribution in [0.15, 0.2) is 0 Å². The van der Waals surface area contributed by atoms with E-state index in [4.69, 9.17) is 5.73 Å². The largest absolute Gasteiger partial charge is 0.352 e. The minimum absolute atomic E-state index is 0.0149. The van der Waals surface area contributed by atoms with Gasteiger partial charge in [-0.15, -0.1) is 0 Å². The fourth-order valence-electron chi connectivity index (χ4n) is 2.90. The first-order valence-corrected chi connectivity index (χ1v) is 6.49. The predicted octanol–water partition coefficient (Wildman–Crippen LogP) is 0.467. The molecule has 1 amide bonds. The Hall–Kier alpha value is -0.610. The highest BCUT2D eigenvalue weighted by Crippen LogP contribution is 2.27. The summed E-state index contributed by atoms with van der Waals surface area (Å²) in [6, 6.07) is 0.988. The number of hydrogen-bond acceptors (Lipinski definition) is 3. The van der Waals surface area contributed by atoms with Gasteiger partial charge in [0.15, 0.2) is 0 Å². The van der Waals surface area contributed by atoms with Crippen LogP contribution in [0.5, 0.6) is 0 Å². The first-order chi connectivity index (χ1) is 7.70. The third-order valence-corrected chi connectivity index (χ3v) is 3.92. The first-order valence-electron chi connectivity index (χ1n) is 6.49. The average Bonchev–Trinajstić information content (AvgIpc) is 2.82. The van der Waals surface area contributed by atoms with Gasteiger partial charge in [0.1, 0.15) is 0 Å². The zero-order valence-electron chi connectivity index (χ0n) is 10.1. The summed E-state index contributed by atoms with van der Waals surface area (Å²) in [5, 5.41) is 3.15. The molecule has 0 aromatic rings. The summed E-state index contributed by atoms with van der Waals surface area (Å²) in [5.41, 5.74) is 5.78. The van der Waals surface area contributed by atoms with Crippen LogP contribution in [0.25, 0.3) is 0 Å². The van der Waals surface area contributed by atoms with Crippen molar-refractivity contribution in [2.75, 3.05) is 13.1 Å². The van der Waals surface area contributed by atoms with Crippen LogP contribution in [-0.2, 0) is 4.79 Å². The molecule has 3 unspecified atom stereocenters. The van der Waals surface area contributed by atoms with E-state index in [0.29, 0.717) is 18.5 Å². The lowest BCUT2D eigenvalue weighted by molar-refractivity contribution is -0.122. The zero-order valence-corrected chi connectivity index (χ0v) is 10.1. The number of amides is 1. The van der Waals surface area contributed by atoms with Gasteiger partial charge in [-0.25, -0.2) is 0 Å². The quantitative estimate of drug-likeness (QED) is 0.731. The number of fused-ring (bicyclic) bond motifs is 1. The molecule has 16 heavy (non-hydrogen) atoms. The molecule has 0 saturated carbocycles. The van der Waals surface area contributed by atoms with Gasteiger partial charge in [0.05, 0.1) is 0 Å². The molecule has 2 aliphatic rings. The van der Waals surface area contributed by atoms with Crippen LogP contribution >= 0.6 is 0 Å². The molecule has 3 N–H and O–H groups in total. The summed E-state index contributed by atoms with van der Waals surface area (Å²) in [6.45, 7) is 4.38. The molecule has 3 atom stereocenters. The molecule has 0 spiro atoms. The fraction of sp³-hybridized carbons (Fsp3) is 0.917. The van der Waals surface area contributed by atoms with Crippen molar-refractivity contribution in [2.45, 2.75) is 57.2 Å². The van der Waals surface area contributed by atoms with Gasteiger partial charge in [0, 0.05) is 31.1 Å². The van der Waals surface area contributed by atoms with Crippen molar-refractivity contribution in [3.63, 3.8) is 0 Å². The molecule has 0 bridgehead atoms. The summed E-state index contributed by atoms with van der Waals surface area (Å²) < 4.78 is 0. The molecule has 4 nitrogen and oxygen atoms in total. The van der Waals surface area contributed by atoms with E-state index < -0.39 is 0 Å². The molecule has 0 aromatic heterocycles. The maximum atomic E-state index is 11.7. The predicted molar refractivity (Wildman–Crippen MR) is 64.0 cm³/mol. The second-order valence-electron chi connectivity index (χ2n) is 5.08. The Morgan fingerprint density at radius 1 is 1.50 bits per heavy atom. The van der Waals surface area contributed by atoms with Crippen molar-refractivity contribution in [1.29, 1.82) is 0 Å². The molecule has 2 aliphatic heterocycles. The van der Waals surface area contributed by atoms with Gasteiger partial charge >= 0.3 is 0 Å². The fourth-order valence-corrected chi connectivity index (χ4v) is 2.90. The van der Waals surface area contributed by atoms with Gasteiger partial charge in [-0.3, -0.25) is 9.69 Å². The van der Waals surface area contributed by atoms with E-state index in [1.807, 2.05) is 6.92 Å². The van der Waals surface area contributed by atoms with Gasteiger partial charge in [0.2, 0.25) is 5.91 Å². The molecule has 2 saturated heterocycles. The third-order valence-electron chi connectivity index (χ3n) is 3.92. The Kier molecular flexibility index (Phi) is 3.82. The van der Waals surface area contributed by atoms with Crippen LogP contribution in [0.1, 0.15) is 39.0 Å². The van der Waals surface area contributed by atoms with Crippen molar-refractivity contribution >= 4 is 5.91 Å². The lowest BCUT2D eigenvalue weighted by Gasteiger charge is -2.21. The van der Waals surface area contributed by atoms with Crippen LogP contribution in [0.4, 0.5) is 0 Å². The monoisotopic (exact) mass is 225 g/mol. The number of nitrogens with two attached hydrogens (primary N) is 1. The van der Waals surface area contributed by atoms with E-state index in [-0.39, 0.29) is 11.9 Å². The summed E-state index contributed by atoms with van der Waals surface area (Å²) in [5.74, 6) is 0.132. The van der Waals surface area contributed by atoms with Gasteiger partial charge in [0.25, 0.3) is 0 Å². The van der Waals surface area contributed by atoms with Crippen LogP contribution in [-0.4, -0.2) is 42.0 Å². The third kappa shape index (κ3) is 2.55. The number of carbonyl (C=O) groups is 1. The lowest BCUT2D eigenvalue weighted by atomic mass is 10.1. The highest BCUT2D eigenvalue weighted by Gasteiger charge is 2.37. The first kappa shape index (κ1) is 11.9. The van der Waals surface area contributed by atoms with Crippen molar-refractivity contribution < 1.29 is 4.79 Å². The lowest BCUT2D eigenvalue weighted by Crippen LogP contribution is -2.43.